The van der Waals surface area contributed by atoms with Gasteiger partial charge in [0.15, 0.2) is 0 Å². The summed E-state index contributed by atoms with van der Waals surface area (Å²) in [5.74, 6) is -0.934. The standard InChI is InChI=1S/C17H17NO2/c19-17(20)11-12-18(13-15-7-3-1-4-8-15)14-16-9-5-2-6-10-16/h1-12H,13-14H2,(H,19,20)/b12-11+. The SMILES string of the molecule is O=C(O)/C=C/N(Cc1ccccc1)Cc1ccccc1. The summed E-state index contributed by atoms with van der Waals surface area (Å²) in [5.41, 5.74) is 2.30. The van der Waals surface area contributed by atoms with Gasteiger partial charge in [-0.3, -0.25) is 0 Å². The average molecular weight is 267 g/mol. The van der Waals surface area contributed by atoms with Gasteiger partial charge in [-0.15, -0.1) is 0 Å². The third-order valence-corrected chi connectivity index (χ3v) is 2.88. The van der Waals surface area contributed by atoms with Crippen molar-refractivity contribution in [2.24, 2.45) is 0 Å². The van der Waals surface area contributed by atoms with Crippen LogP contribution in [-0.2, 0) is 17.9 Å². The normalized spacial score (nSPS) is 10.6. The van der Waals surface area contributed by atoms with Crippen LogP contribution in [0.15, 0.2) is 72.9 Å². The minimum Gasteiger partial charge on any atom is -0.478 e. The van der Waals surface area contributed by atoms with E-state index in [4.69, 9.17) is 5.11 Å². The van der Waals surface area contributed by atoms with Gasteiger partial charge in [0.1, 0.15) is 0 Å². The first-order chi connectivity index (χ1) is 9.74. The Kier molecular flexibility index (Phi) is 4.95. The van der Waals surface area contributed by atoms with Crippen molar-refractivity contribution in [1.29, 1.82) is 0 Å². The van der Waals surface area contributed by atoms with E-state index in [9.17, 15) is 4.79 Å². The molecule has 102 valence electrons. The van der Waals surface area contributed by atoms with Crippen LogP contribution < -0.4 is 0 Å². The molecule has 0 aliphatic carbocycles. The Hall–Kier alpha value is -2.55. The van der Waals surface area contributed by atoms with E-state index < -0.39 is 5.97 Å². The van der Waals surface area contributed by atoms with Gasteiger partial charge < -0.3 is 10.0 Å². The number of rotatable bonds is 6. The van der Waals surface area contributed by atoms with Crippen molar-refractivity contribution < 1.29 is 9.90 Å². The maximum Gasteiger partial charge on any atom is 0.329 e. The van der Waals surface area contributed by atoms with Crippen LogP contribution in [0, 0.1) is 0 Å². The van der Waals surface area contributed by atoms with E-state index >= 15 is 0 Å². The fourth-order valence-electron chi connectivity index (χ4n) is 1.97. The summed E-state index contributed by atoms with van der Waals surface area (Å²) in [6.45, 7) is 1.36. The summed E-state index contributed by atoms with van der Waals surface area (Å²) in [5, 5.41) is 8.78. The molecule has 0 spiro atoms. The lowest BCUT2D eigenvalue weighted by Gasteiger charge is -2.20. The first-order valence-corrected chi connectivity index (χ1v) is 6.47. The van der Waals surface area contributed by atoms with Gasteiger partial charge in [0, 0.05) is 25.4 Å². The molecule has 0 unspecified atom stereocenters. The van der Waals surface area contributed by atoms with Gasteiger partial charge in [0.25, 0.3) is 0 Å². The largest absolute Gasteiger partial charge is 0.478 e. The molecule has 0 aromatic heterocycles. The molecule has 0 aliphatic rings. The molecule has 2 aromatic rings. The summed E-state index contributed by atoms with van der Waals surface area (Å²) in [7, 11) is 0. The number of nitrogens with zero attached hydrogens (tertiary/aromatic N) is 1. The summed E-state index contributed by atoms with van der Waals surface area (Å²) in [6, 6.07) is 20.0. The smallest absolute Gasteiger partial charge is 0.329 e. The van der Waals surface area contributed by atoms with Crippen molar-refractivity contribution in [2.45, 2.75) is 13.1 Å². The van der Waals surface area contributed by atoms with Crippen molar-refractivity contribution in [3.05, 3.63) is 84.1 Å². The lowest BCUT2D eigenvalue weighted by atomic mass is 10.2. The van der Waals surface area contributed by atoms with Crippen LogP contribution in [0.4, 0.5) is 0 Å². The van der Waals surface area contributed by atoms with Crippen LogP contribution in [0.3, 0.4) is 0 Å². The topological polar surface area (TPSA) is 40.5 Å². The van der Waals surface area contributed by atoms with Crippen LogP contribution in [0.5, 0.6) is 0 Å². The summed E-state index contributed by atoms with van der Waals surface area (Å²) in [4.78, 5) is 12.7. The first kappa shape index (κ1) is 13.9. The van der Waals surface area contributed by atoms with E-state index in [0.717, 1.165) is 11.1 Å². The van der Waals surface area contributed by atoms with E-state index in [1.165, 1.54) is 6.08 Å². The monoisotopic (exact) mass is 267 g/mol. The molecule has 3 heteroatoms. The van der Waals surface area contributed by atoms with E-state index in [2.05, 4.69) is 0 Å². The number of aliphatic carboxylic acids is 1. The van der Waals surface area contributed by atoms with Crippen LogP contribution in [0.25, 0.3) is 0 Å². The molecule has 0 fully saturated rings. The van der Waals surface area contributed by atoms with Gasteiger partial charge >= 0.3 is 5.97 Å². The van der Waals surface area contributed by atoms with Crippen molar-refractivity contribution in [2.75, 3.05) is 0 Å². The van der Waals surface area contributed by atoms with Crippen LogP contribution >= 0.6 is 0 Å². The number of hydrogen-bond acceptors (Lipinski definition) is 2. The highest BCUT2D eigenvalue weighted by atomic mass is 16.4. The third-order valence-electron chi connectivity index (χ3n) is 2.88. The number of carboxylic acids is 1. The predicted molar refractivity (Wildman–Crippen MR) is 78.9 cm³/mol. The molecule has 0 radical (unpaired) electrons. The predicted octanol–water partition coefficient (Wildman–Crippen LogP) is 3.29. The lowest BCUT2D eigenvalue weighted by molar-refractivity contribution is -0.131. The molecule has 2 aromatic carbocycles. The molecule has 0 aliphatic heterocycles. The van der Waals surface area contributed by atoms with Crippen molar-refractivity contribution in [3.63, 3.8) is 0 Å². The highest BCUT2D eigenvalue weighted by Crippen LogP contribution is 2.10. The zero-order chi connectivity index (χ0) is 14.2. The van der Waals surface area contributed by atoms with E-state index in [-0.39, 0.29) is 0 Å². The van der Waals surface area contributed by atoms with Gasteiger partial charge in [0.05, 0.1) is 0 Å². The van der Waals surface area contributed by atoms with Crippen LogP contribution in [-0.4, -0.2) is 16.0 Å². The Morgan fingerprint density at radius 2 is 1.35 bits per heavy atom. The second-order valence-corrected chi connectivity index (χ2v) is 4.53. The van der Waals surface area contributed by atoms with Crippen molar-refractivity contribution >= 4 is 5.97 Å². The van der Waals surface area contributed by atoms with Crippen molar-refractivity contribution in [1.82, 2.24) is 4.90 Å². The Morgan fingerprint density at radius 1 is 0.900 bits per heavy atom. The van der Waals surface area contributed by atoms with Crippen molar-refractivity contribution in [3.8, 4) is 0 Å². The van der Waals surface area contributed by atoms with Gasteiger partial charge in [-0.05, 0) is 11.1 Å². The Labute approximate surface area is 118 Å². The summed E-state index contributed by atoms with van der Waals surface area (Å²) < 4.78 is 0. The molecular weight excluding hydrogens is 250 g/mol. The molecule has 0 amide bonds. The maximum absolute atomic E-state index is 10.7. The molecular formula is C17H17NO2. The molecule has 0 saturated heterocycles. The fourth-order valence-corrected chi connectivity index (χ4v) is 1.97. The second kappa shape index (κ2) is 7.14. The Balaban J connectivity index is 2.10. The quantitative estimate of drug-likeness (QED) is 0.816. The fraction of sp³-hybridized carbons (Fsp3) is 0.118. The van der Waals surface area contributed by atoms with E-state index in [0.29, 0.717) is 13.1 Å². The number of carbonyl (C=O) groups is 1. The molecule has 0 heterocycles. The molecule has 0 atom stereocenters. The Morgan fingerprint density at radius 3 is 1.75 bits per heavy atom. The summed E-state index contributed by atoms with van der Waals surface area (Å²) in [6.07, 6.45) is 2.80. The summed E-state index contributed by atoms with van der Waals surface area (Å²) >= 11 is 0. The molecule has 2 rings (SSSR count). The van der Waals surface area contributed by atoms with E-state index in [1.807, 2.05) is 65.6 Å². The zero-order valence-electron chi connectivity index (χ0n) is 11.1. The van der Waals surface area contributed by atoms with Crippen LogP contribution in [0.2, 0.25) is 0 Å². The second-order valence-electron chi connectivity index (χ2n) is 4.53. The minimum absolute atomic E-state index is 0.680. The van der Waals surface area contributed by atoms with Crippen LogP contribution in [0.1, 0.15) is 11.1 Å². The number of carboxylic acid groups (broad SMARTS) is 1. The average Bonchev–Trinajstić information content (AvgIpc) is 2.47. The number of benzene rings is 2. The molecule has 1 N–H and O–H groups in total. The molecule has 0 saturated carbocycles. The van der Waals surface area contributed by atoms with Gasteiger partial charge in [-0.25, -0.2) is 4.79 Å². The molecule has 0 bridgehead atoms. The highest BCUT2D eigenvalue weighted by molar-refractivity contribution is 5.79. The zero-order valence-corrected chi connectivity index (χ0v) is 11.1. The first-order valence-electron chi connectivity index (χ1n) is 6.47. The maximum atomic E-state index is 10.7. The minimum atomic E-state index is -0.934. The highest BCUT2D eigenvalue weighted by Gasteiger charge is 2.03. The third kappa shape index (κ3) is 4.61. The number of hydrogen-bond donors (Lipinski definition) is 1. The van der Waals surface area contributed by atoms with Gasteiger partial charge in [0.2, 0.25) is 0 Å². The molecule has 20 heavy (non-hydrogen) atoms. The Bertz CT molecular complexity index is 523. The van der Waals surface area contributed by atoms with Gasteiger partial charge in [-0.2, -0.15) is 0 Å². The molecule has 3 nitrogen and oxygen atoms in total. The van der Waals surface area contributed by atoms with E-state index in [1.54, 1.807) is 6.20 Å². The van der Waals surface area contributed by atoms with Gasteiger partial charge in [-0.1, -0.05) is 60.7 Å². The lowest BCUT2D eigenvalue weighted by Crippen LogP contribution is -2.16.